The van der Waals surface area contributed by atoms with Gasteiger partial charge >= 0.3 is 0 Å². The lowest BCUT2D eigenvalue weighted by atomic mass is 9.70. The van der Waals surface area contributed by atoms with Crippen molar-refractivity contribution < 1.29 is 4.42 Å². The fraction of sp³-hybridized carbons (Fsp3) is 0.280. The Morgan fingerprint density at radius 2 is 1.63 bits per heavy atom. The number of furan rings is 1. The predicted octanol–water partition coefficient (Wildman–Crippen LogP) is 6.72. The molecule has 0 N–H and O–H groups in total. The van der Waals surface area contributed by atoms with E-state index >= 15 is 0 Å². The molecule has 0 saturated carbocycles. The fourth-order valence-electron chi connectivity index (χ4n) is 5.62. The molecule has 1 saturated heterocycles. The highest BCUT2D eigenvalue weighted by Gasteiger charge is 2.44. The first-order valence-electron chi connectivity index (χ1n) is 10.0. The van der Waals surface area contributed by atoms with Gasteiger partial charge < -0.3 is 9.32 Å². The summed E-state index contributed by atoms with van der Waals surface area (Å²) in [6, 6.07) is 22.9. The van der Waals surface area contributed by atoms with E-state index in [1.807, 2.05) is 0 Å². The molecule has 3 atom stereocenters. The minimum atomic E-state index is 0.443. The fourth-order valence-corrected chi connectivity index (χ4v) is 5.62. The highest BCUT2D eigenvalue weighted by atomic mass is 16.3. The maximum absolute atomic E-state index is 6.42. The zero-order chi connectivity index (χ0) is 18.1. The van der Waals surface area contributed by atoms with E-state index in [-0.39, 0.29) is 0 Å². The molecule has 4 aromatic rings. The van der Waals surface area contributed by atoms with Gasteiger partial charge in [-0.05, 0) is 49.4 Å². The molecule has 3 unspecified atom stereocenters. The monoisotopic (exact) mass is 353 g/mol. The van der Waals surface area contributed by atoms with Crippen LogP contribution in [0.25, 0.3) is 21.9 Å². The first kappa shape index (κ1) is 15.3. The highest BCUT2D eigenvalue weighted by Crippen LogP contribution is 2.53. The van der Waals surface area contributed by atoms with Crippen molar-refractivity contribution in [1.82, 2.24) is 0 Å². The van der Waals surface area contributed by atoms with Gasteiger partial charge in [0.2, 0.25) is 0 Å². The number of hydrogen-bond donors (Lipinski definition) is 0. The lowest BCUT2D eigenvalue weighted by Gasteiger charge is -2.52. The Bertz CT molecular complexity index is 1190. The zero-order valence-electron chi connectivity index (χ0n) is 15.8. The first-order chi connectivity index (χ1) is 13.2. The number of piperidine rings is 1. The number of aryl methyl sites for hydroxylation is 1. The van der Waals surface area contributed by atoms with Crippen LogP contribution >= 0.6 is 0 Å². The zero-order valence-corrected chi connectivity index (χ0v) is 15.8. The standard InChI is InChI=1S/C25H23NO/c1-15-11-12-21-20-9-5-6-10-23(20)27-25(21)24(15)26-16(2)17-13-14-22(26)19-8-4-3-7-18(17)19/h3-12,16-17,22H,13-14H2,1-2H3. The van der Waals surface area contributed by atoms with Crippen molar-refractivity contribution in [2.45, 2.75) is 44.7 Å². The molecule has 134 valence electrons. The van der Waals surface area contributed by atoms with Gasteiger partial charge in [-0.1, -0.05) is 54.6 Å². The molecule has 0 radical (unpaired) electrons. The molecular formula is C25H23NO. The average Bonchev–Trinajstić information content (AvgIpc) is 3.08. The van der Waals surface area contributed by atoms with E-state index in [0.717, 1.165) is 11.2 Å². The van der Waals surface area contributed by atoms with Crippen LogP contribution in [0.4, 0.5) is 5.69 Å². The second-order valence-electron chi connectivity index (χ2n) is 8.18. The van der Waals surface area contributed by atoms with Crippen molar-refractivity contribution in [1.29, 1.82) is 0 Å². The van der Waals surface area contributed by atoms with Crippen LogP contribution in [0.1, 0.15) is 48.4 Å². The smallest absolute Gasteiger partial charge is 0.158 e. The molecule has 2 bridgehead atoms. The summed E-state index contributed by atoms with van der Waals surface area (Å²) in [4.78, 5) is 2.66. The normalized spacial score (nSPS) is 23.9. The minimum Gasteiger partial charge on any atom is -0.454 e. The van der Waals surface area contributed by atoms with Crippen molar-refractivity contribution >= 4 is 27.6 Å². The Kier molecular flexibility index (Phi) is 3.06. The summed E-state index contributed by atoms with van der Waals surface area (Å²) in [5.41, 5.74) is 7.70. The maximum Gasteiger partial charge on any atom is 0.158 e. The third-order valence-corrected chi connectivity index (χ3v) is 6.84. The van der Waals surface area contributed by atoms with Gasteiger partial charge in [0.1, 0.15) is 5.58 Å². The number of rotatable bonds is 1. The molecule has 7 rings (SSSR count). The second-order valence-corrected chi connectivity index (χ2v) is 8.18. The number of fused-ring (bicyclic) bond motifs is 5. The van der Waals surface area contributed by atoms with Crippen LogP contribution in [0, 0.1) is 6.92 Å². The minimum absolute atomic E-state index is 0.443. The molecule has 2 heteroatoms. The van der Waals surface area contributed by atoms with Gasteiger partial charge in [0.15, 0.2) is 5.58 Å². The summed E-state index contributed by atoms with van der Waals surface area (Å²) in [5.74, 6) is 0.602. The van der Waals surface area contributed by atoms with Crippen LogP contribution in [0.5, 0.6) is 0 Å². The van der Waals surface area contributed by atoms with E-state index in [0.29, 0.717) is 18.0 Å². The number of hydrogen-bond acceptors (Lipinski definition) is 2. The molecule has 1 fully saturated rings. The van der Waals surface area contributed by atoms with Gasteiger partial charge in [-0.2, -0.15) is 0 Å². The van der Waals surface area contributed by atoms with Crippen molar-refractivity contribution in [3.8, 4) is 0 Å². The van der Waals surface area contributed by atoms with Gasteiger partial charge in [-0.25, -0.2) is 0 Å². The van der Waals surface area contributed by atoms with Crippen molar-refractivity contribution in [2.24, 2.45) is 0 Å². The van der Waals surface area contributed by atoms with E-state index in [4.69, 9.17) is 4.42 Å². The van der Waals surface area contributed by atoms with Crippen LogP contribution in [0.15, 0.2) is 65.1 Å². The van der Waals surface area contributed by atoms with Crippen LogP contribution in [-0.2, 0) is 0 Å². The Morgan fingerprint density at radius 1 is 0.852 bits per heavy atom. The molecule has 1 aliphatic carbocycles. The van der Waals surface area contributed by atoms with Crippen LogP contribution in [0.2, 0.25) is 0 Å². The second kappa shape index (κ2) is 5.39. The molecule has 2 nitrogen and oxygen atoms in total. The third-order valence-electron chi connectivity index (χ3n) is 6.84. The van der Waals surface area contributed by atoms with Gasteiger partial charge in [-0.3, -0.25) is 0 Å². The van der Waals surface area contributed by atoms with Gasteiger partial charge in [0, 0.05) is 22.7 Å². The van der Waals surface area contributed by atoms with Crippen molar-refractivity contribution in [3.63, 3.8) is 0 Å². The summed E-state index contributed by atoms with van der Waals surface area (Å²) < 4.78 is 6.42. The topological polar surface area (TPSA) is 16.4 Å². The maximum atomic E-state index is 6.42. The van der Waals surface area contributed by atoms with Gasteiger partial charge in [-0.15, -0.1) is 0 Å². The van der Waals surface area contributed by atoms with Crippen molar-refractivity contribution in [2.75, 3.05) is 4.90 Å². The molecule has 0 amide bonds. The molecule has 3 heterocycles. The van der Waals surface area contributed by atoms with E-state index < -0.39 is 0 Å². The molecule has 0 spiro atoms. The Hall–Kier alpha value is -2.74. The number of para-hydroxylation sites is 1. The summed E-state index contributed by atoms with van der Waals surface area (Å²) in [7, 11) is 0. The molecule has 27 heavy (non-hydrogen) atoms. The van der Waals surface area contributed by atoms with Gasteiger partial charge in [0.25, 0.3) is 0 Å². The summed E-state index contributed by atoms with van der Waals surface area (Å²) in [5, 5.41) is 2.44. The summed E-state index contributed by atoms with van der Waals surface area (Å²) >= 11 is 0. The number of anilines is 1. The van der Waals surface area contributed by atoms with E-state index in [9.17, 15) is 0 Å². The molecular weight excluding hydrogens is 330 g/mol. The number of benzene rings is 3. The predicted molar refractivity (Wildman–Crippen MR) is 112 cm³/mol. The third kappa shape index (κ3) is 1.96. The molecule has 3 aliphatic rings. The summed E-state index contributed by atoms with van der Waals surface area (Å²) in [6.07, 6.45) is 2.51. The first-order valence-corrected chi connectivity index (χ1v) is 10.0. The van der Waals surface area contributed by atoms with Crippen LogP contribution in [0.3, 0.4) is 0 Å². The quantitative estimate of drug-likeness (QED) is 0.377. The van der Waals surface area contributed by atoms with Crippen LogP contribution in [-0.4, -0.2) is 6.04 Å². The molecule has 1 aromatic heterocycles. The van der Waals surface area contributed by atoms with E-state index in [1.54, 1.807) is 5.56 Å². The Morgan fingerprint density at radius 3 is 2.52 bits per heavy atom. The SMILES string of the molecule is Cc1ccc2c(oc3ccccc32)c1N1C2CCC(c3ccccc32)C1C. The van der Waals surface area contributed by atoms with Crippen LogP contribution < -0.4 is 4.90 Å². The lowest BCUT2D eigenvalue weighted by Crippen LogP contribution is -2.49. The Balaban J connectivity index is 1.63. The highest BCUT2D eigenvalue weighted by molar-refractivity contribution is 6.09. The summed E-state index contributed by atoms with van der Waals surface area (Å²) in [6.45, 7) is 4.62. The largest absolute Gasteiger partial charge is 0.454 e. The van der Waals surface area contributed by atoms with E-state index in [2.05, 4.69) is 79.4 Å². The van der Waals surface area contributed by atoms with Crippen molar-refractivity contribution in [3.05, 3.63) is 77.4 Å². The average molecular weight is 353 g/mol. The molecule has 2 aliphatic heterocycles. The number of nitrogens with zero attached hydrogens (tertiary/aromatic N) is 1. The lowest BCUT2D eigenvalue weighted by molar-refractivity contribution is 0.324. The van der Waals surface area contributed by atoms with Gasteiger partial charge in [0.05, 0.1) is 11.7 Å². The molecule has 3 aromatic carbocycles. The van der Waals surface area contributed by atoms with E-state index in [1.165, 1.54) is 40.4 Å². The Labute approximate surface area is 159 Å².